The van der Waals surface area contributed by atoms with Crippen LogP contribution in [-0.4, -0.2) is 44.3 Å². The highest BCUT2D eigenvalue weighted by atomic mass is 28.5. The second-order valence-electron chi connectivity index (χ2n) is 5.97. The van der Waals surface area contributed by atoms with E-state index >= 15 is 0 Å². The minimum Gasteiger partial charge on any atom is -0.394 e. The molecule has 20 heavy (non-hydrogen) atoms. The summed E-state index contributed by atoms with van der Waals surface area (Å²) < 4.78 is 23.6. The first-order valence-corrected chi connectivity index (χ1v) is 16.8. The summed E-state index contributed by atoms with van der Waals surface area (Å²) in [5.74, 6) is 0. The third-order valence-electron chi connectivity index (χ3n) is 3.03. The van der Waals surface area contributed by atoms with Crippen molar-refractivity contribution in [2.45, 2.75) is 65.0 Å². The fraction of sp³-hybridized carbons (Fsp3) is 1.00. The van der Waals surface area contributed by atoms with Crippen LogP contribution in [0.4, 0.5) is 0 Å². The van der Waals surface area contributed by atoms with E-state index in [9.17, 15) is 9.59 Å². The summed E-state index contributed by atoms with van der Waals surface area (Å²) in [6.45, 7) is 11.0. The largest absolute Gasteiger partial charge is 0.477 e. The van der Waals surface area contributed by atoms with E-state index in [0.717, 1.165) is 12.8 Å². The van der Waals surface area contributed by atoms with Gasteiger partial charge in [-0.25, -0.2) is 0 Å². The zero-order valence-corrected chi connectivity index (χ0v) is 17.4. The quantitative estimate of drug-likeness (QED) is 0.752. The van der Waals surface area contributed by atoms with E-state index in [-0.39, 0.29) is 0 Å². The van der Waals surface area contributed by atoms with Crippen molar-refractivity contribution in [1.82, 2.24) is 0 Å². The molecular weight excluding hydrogens is 328 g/mol. The third-order valence-corrected chi connectivity index (χ3v) is 18.8. The Morgan fingerprint density at radius 1 is 0.650 bits per heavy atom. The van der Waals surface area contributed by atoms with Crippen LogP contribution in [0.15, 0.2) is 0 Å². The lowest BCUT2D eigenvalue weighted by atomic mass is 10.6. The van der Waals surface area contributed by atoms with Gasteiger partial charge in [-0.3, -0.25) is 0 Å². The van der Waals surface area contributed by atoms with Gasteiger partial charge in [0.15, 0.2) is 0 Å². The Hall–Kier alpha value is 0.628. The molecule has 10 heteroatoms. The van der Waals surface area contributed by atoms with Crippen molar-refractivity contribution < 1.29 is 26.1 Å². The van der Waals surface area contributed by atoms with Gasteiger partial charge >= 0.3 is 34.7 Å². The van der Waals surface area contributed by atoms with Crippen LogP contribution in [-0.2, 0) is 16.5 Å². The van der Waals surface area contributed by atoms with Gasteiger partial charge in [-0.15, -0.1) is 0 Å². The molecule has 1 rings (SSSR count). The average Bonchev–Trinajstić information content (AvgIpc) is 2.09. The van der Waals surface area contributed by atoms with Crippen molar-refractivity contribution in [2.24, 2.45) is 0 Å². The van der Waals surface area contributed by atoms with Gasteiger partial charge in [0, 0.05) is 13.1 Å². The molecule has 1 heterocycles. The summed E-state index contributed by atoms with van der Waals surface area (Å²) in [5, 5.41) is 0. The first-order valence-electron chi connectivity index (χ1n) is 7.20. The average molecular weight is 357 g/mol. The molecule has 0 aromatic rings. The molecule has 2 N–H and O–H groups in total. The molecule has 0 aromatic heterocycles. The Labute approximate surface area is 126 Å². The van der Waals surface area contributed by atoms with E-state index in [2.05, 4.69) is 0 Å². The molecule has 6 nitrogen and oxygen atoms in total. The summed E-state index contributed by atoms with van der Waals surface area (Å²) >= 11 is 0. The van der Waals surface area contributed by atoms with Crippen molar-refractivity contribution in [3.63, 3.8) is 0 Å². The minimum atomic E-state index is -3.30. The molecule has 0 aromatic carbocycles. The van der Waals surface area contributed by atoms with Crippen LogP contribution < -0.4 is 0 Å². The molecule has 0 saturated carbocycles. The lowest BCUT2D eigenvalue weighted by Crippen LogP contribution is -2.67. The Balaban J connectivity index is 3.05. The van der Waals surface area contributed by atoms with Gasteiger partial charge in [0.25, 0.3) is 0 Å². The van der Waals surface area contributed by atoms with E-state index in [1.165, 1.54) is 0 Å². The second-order valence-corrected chi connectivity index (χ2v) is 18.4. The molecule has 120 valence electrons. The molecule has 0 aliphatic carbocycles. The van der Waals surface area contributed by atoms with Gasteiger partial charge in [-0.2, -0.15) is 0 Å². The van der Waals surface area contributed by atoms with Crippen molar-refractivity contribution in [3.8, 4) is 0 Å². The molecule has 0 atom stereocenters. The van der Waals surface area contributed by atoms with Crippen molar-refractivity contribution in [2.75, 3.05) is 0 Å². The summed E-state index contributed by atoms with van der Waals surface area (Å²) in [7, 11) is -12.0. The van der Waals surface area contributed by atoms with E-state index in [1.807, 2.05) is 26.9 Å². The monoisotopic (exact) mass is 356 g/mol. The van der Waals surface area contributed by atoms with Crippen LogP contribution in [0, 0.1) is 0 Å². The van der Waals surface area contributed by atoms with Gasteiger partial charge in [-0.1, -0.05) is 26.7 Å². The molecule has 1 fully saturated rings. The lowest BCUT2D eigenvalue weighted by Gasteiger charge is -2.45. The van der Waals surface area contributed by atoms with Crippen LogP contribution in [0.5, 0.6) is 0 Å². The summed E-state index contributed by atoms with van der Waals surface area (Å²) in [6, 6.07) is 1.39. The highest BCUT2D eigenvalue weighted by Gasteiger charge is 2.56. The maximum atomic E-state index is 10.5. The van der Waals surface area contributed by atoms with Crippen LogP contribution in [0.1, 0.15) is 26.7 Å². The van der Waals surface area contributed by atoms with Gasteiger partial charge < -0.3 is 26.1 Å². The van der Waals surface area contributed by atoms with Crippen LogP contribution in [0.2, 0.25) is 38.3 Å². The maximum Gasteiger partial charge on any atom is 0.477 e. The molecule has 0 unspecified atom stereocenters. The van der Waals surface area contributed by atoms with Gasteiger partial charge in [0.2, 0.25) is 0 Å². The number of hydrogen-bond acceptors (Lipinski definition) is 6. The number of rotatable bonds is 4. The summed E-state index contributed by atoms with van der Waals surface area (Å²) in [6.07, 6.45) is 1.72. The van der Waals surface area contributed by atoms with Crippen LogP contribution in [0.25, 0.3) is 0 Å². The van der Waals surface area contributed by atoms with Gasteiger partial charge in [-0.05, 0) is 25.2 Å². The Morgan fingerprint density at radius 2 is 0.900 bits per heavy atom. The second kappa shape index (κ2) is 6.40. The zero-order valence-electron chi connectivity index (χ0n) is 13.4. The molecule has 0 radical (unpaired) electrons. The van der Waals surface area contributed by atoms with Crippen LogP contribution >= 0.6 is 0 Å². The topological polar surface area (TPSA) is 77.4 Å². The van der Waals surface area contributed by atoms with E-state index in [0.29, 0.717) is 12.1 Å². The van der Waals surface area contributed by atoms with Gasteiger partial charge in [0.05, 0.1) is 0 Å². The van der Waals surface area contributed by atoms with E-state index < -0.39 is 34.7 Å². The fourth-order valence-electron chi connectivity index (χ4n) is 2.80. The summed E-state index contributed by atoms with van der Waals surface area (Å²) in [4.78, 5) is 21.0. The van der Waals surface area contributed by atoms with E-state index in [4.69, 9.17) is 16.5 Å². The molecule has 1 aliphatic rings. The van der Waals surface area contributed by atoms with Crippen molar-refractivity contribution in [1.29, 1.82) is 0 Å². The molecule has 1 aliphatic heterocycles. The van der Waals surface area contributed by atoms with Crippen molar-refractivity contribution >= 4 is 34.7 Å². The zero-order chi connectivity index (χ0) is 15.7. The predicted molar refractivity (Wildman–Crippen MR) is 85.4 cm³/mol. The molecule has 1 saturated heterocycles. The normalized spacial score (nSPS) is 46.8. The Kier molecular flexibility index (Phi) is 5.97. The first kappa shape index (κ1) is 18.7. The maximum absolute atomic E-state index is 10.5. The molecule has 0 bridgehead atoms. The number of hydrogen-bond donors (Lipinski definition) is 2. The molecule has 0 spiro atoms. The van der Waals surface area contributed by atoms with E-state index in [1.54, 1.807) is 13.1 Å². The highest BCUT2D eigenvalue weighted by Crippen LogP contribution is 2.32. The van der Waals surface area contributed by atoms with Gasteiger partial charge in [0.1, 0.15) is 0 Å². The van der Waals surface area contributed by atoms with Crippen LogP contribution in [0.3, 0.4) is 0 Å². The van der Waals surface area contributed by atoms with Crippen molar-refractivity contribution in [3.05, 3.63) is 0 Å². The highest BCUT2D eigenvalue weighted by molar-refractivity contribution is 6.90. The first-order chi connectivity index (χ1) is 8.95. The molecule has 0 amide bonds. The predicted octanol–water partition coefficient (Wildman–Crippen LogP) is 2.15. The molecular formula is C10H28O6Si4. The summed E-state index contributed by atoms with van der Waals surface area (Å²) in [5.41, 5.74) is 0. The lowest BCUT2D eigenvalue weighted by molar-refractivity contribution is 0.138. The SMILES string of the molecule is CCC[Si]1(C)O[Si](C)(O)O[Si](C)(CCC)O[Si](C)(O)O1. The third kappa shape index (κ3) is 5.44. The Morgan fingerprint density at radius 3 is 1.10 bits per heavy atom. The Bertz CT molecular complexity index is 290. The smallest absolute Gasteiger partial charge is 0.394 e. The fourth-order valence-corrected chi connectivity index (χ4v) is 21.2. The minimum absolute atomic E-state index is 0.693. The standard InChI is InChI=1S/C10H28O6Si4/c1-7-9-17(3)13-19(5,11)15-18(4,10-8-2)16-20(6,12)14-17/h11-12H,7-10H2,1-6H3.